The number of rotatable bonds is 4. The van der Waals surface area contributed by atoms with Gasteiger partial charge in [0, 0.05) is 17.7 Å². The first kappa shape index (κ1) is 17.2. The van der Waals surface area contributed by atoms with Crippen LogP contribution in [0.3, 0.4) is 0 Å². The average Bonchev–Trinajstić information content (AvgIpc) is 2.62. The summed E-state index contributed by atoms with van der Waals surface area (Å²) in [5.41, 5.74) is 6.16. The molecule has 1 heterocycles. The lowest BCUT2D eigenvalue weighted by Crippen LogP contribution is -2.09. The fraction of sp³-hybridized carbons (Fsp3) is 0.0588. The Morgan fingerprint density at radius 1 is 0.962 bits per heavy atom. The van der Waals surface area contributed by atoms with E-state index >= 15 is 0 Å². The molecule has 0 radical (unpaired) electrons. The monoisotopic (exact) mass is 356 g/mol. The van der Waals surface area contributed by atoms with Gasteiger partial charge in [-0.1, -0.05) is 0 Å². The summed E-state index contributed by atoms with van der Waals surface area (Å²) in [6.45, 7) is 0. The molecule has 6 nitrogen and oxygen atoms in total. The minimum atomic E-state index is -1.30. The highest BCUT2D eigenvalue weighted by Crippen LogP contribution is 2.20. The van der Waals surface area contributed by atoms with E-state index in [4.69, 9.17) is 11.0 Å². The van der Waals surface area contributed by atoms with E-state index in [1.54, 1.807) is 24.3 Å². The van der Waals surface area contributed by atoms with E-state index in [1.165, 1.54) is 0 Å². The van der Waals surface area contributed by atoms with Gasteiger partial charge in [-0.2, -0.15) is 20.2 Å². The van der Waals surface area contributed by atoms with Crippen molar-refractivity contribution < 1.29 is 13.2 Å². The van der Waals surface area contributed by atoms with E-state index in [0.29, 0.717) is 17.3 Å². The van der Waals surface area contributed by atoms with Crippen molar-refractivity contribution in [1.82, 2.24) is 15.0 Å². The zero-order valence-electron chi connectivity index (χ0n) is 13.2. The Bertz CT molecular complexity index is 999. The molecule has 0 bridgehead atoms. The summed E-state index contributed by atoms with van der Waals surface area (Å²) in [6, 6.07) is 9.95. The van der Waals surface area contributed by atoms with Crippen LogP contribution >= 0.6 is 0 Å². The Morgan fingerprint density at radius 2 is 1.65 bits per heavy atom. The summed E-state index contributed by atoms with van der Waals surface area (Å²) in [5.74, 6) is -3.52. The first-order valence-electron chi connectivity index (χ1n) is 7.36. The predicted molar refractivity (Wildman–Crippen MR) is 87.8 cm³/mol. The number of nitrogens with zero attached hydrogens (tertiary/aromatic N) is 4. The molecule has 0 spiro atoms. The summed E-state index contributed by atoms with van der Waals surface area (Å²) in [5, 5.41) is 11.6. The molecule has 0 aliphatic rings. The number of nitrogens with two attached hydrogens (primary N) is 1. The highest BCUT2D eigenvalue weighted by atomic mass is 19.2. The molecule has 26 heavy (non-hydrogen) atoms. The van der Waals surface area contributed by atoms with Crippen LogP contribution in [0.5, 0.6) is 0 Å². The fourth-order valence-corrected chi connectivity index (χ4v) is 2.22. The lowest BCUT2D eigenvalue weighted by Gasteiger charge is -2.09. The maximum Gasteiger partial charge on any atom is 0.232 e. The van der Waals surface area contributed by atoms with E-state index in [-0.39, 0.29) is 17.7 Å². The molecule has 9 heteroatoms. The fourth-order valence-electron chi connectivity index (χ4n) is 2.22. The molecule has 0 saturated heterocycles. The molecule has 0 saturated carbocycles. The van der Waals surface area contributed by atoms with Crippen molar-refractivity contribution in [2.24, 2.45) is 0 Å². The van der Waals surface area contributed by atoms with Crippen LogP contribution in [-0.4, -0.2) is 15.0 Å². The van der Waals surface area contributed by atoms with Gasteiger partial charge in [0.05, 0.1) is 11.6 Å². The number of anilines is 3. The zero-order valence-corrected chi connectivity index (χ0v) is 13.2. The van der Waals surface area contributed by atoms with Crippen LogP contribution in [0.4, 0.5) is 30.8 Å². The molecule has 0 unspecified atom stereocenters. The topological polar surface area (TPSA) is 101 Å². The Balaban J connectivity index is 1.88. The smallest absolute Gasteiger partial charge is 0.232 e. The van der Waals surface area contributed by atoms with Crippen LogP contribution in [0.2, 0.25) is 0 Å². The van der Waals surface area contributed by atoms with Crippen LogP contribution < -0.4 is 11.1 Å². The van der Waals surface area contributed by atoms with Gasteiger partial charge in [-0.25, -0.2) is 13.2 Å². The number of nitriles is 1. The summed E-state index contributed by atoms with van der Waals surface area (Å²) in [7, 11) is 0. The quantitative estimate of drug-likeness (QED) is 0.697. The second-order valence-electron chi connectivity index (χ2n) is 5.25. The molecule has 3 rings (SSSR count). The Morgan fingerprint density at radius 3 is 2.35 bits per heavy atom. The van der Waals surface area contributed by atoms with Gasteiger partial charge in [0.1, 0.15) is 11.6 Å². The summed E-state index contributed by atoms with van der Waals surface area (Å²) in [6.07, 6.45) is -0.399. The van der Waals surface area contributed by atoms with Gasteiger partial charge in [-0.05, 0) is 36.4 Å². The van der Waals surface area contributed by atoms with Crippen molar-refractivity contribution in [3.63, 3.8) is 0 Å². The summed E-state index contributed by atoms with van der Waals surface area (Å²) < 4.78 is 40.9. The molecule has 1 aromatic heterocycles. The standard InChI is InChI=1S/C17H11F3N6/c18-12-5-6-13(19)15(20)11(12)7-14-24-16(22)26-17(25-14)23-10-3-1-9(8-21)2-4-10/h1-6H,7H2,(H3,22,23,24,25,26). The molecule has 3 N–H and O–H groups in total. The third-order valence-electron chi connectivity index (χ3n) is 3.44. The lowest BCUT2D eigenvalue weighted by atomic mass is 10.1. The van der Waals surface area contributed by atoms with Crippen LogP contribution in [-0.2, 0) is 6.42 Å². The van der Waals surface area contributed by atoms with E-state index in [2.05, 4.69) is 20.3 Å². The maximum atomic E-state index is 13.8. The Kier molecular flexibility index (Phi) is 4.66. The molecule has 0 aliphatic heterocycles. The van der Waals surface area contributed by atoms with Gasteiger partial charge >= 0.3 is 0 Å². The van der Waals surface area contributed by atoms with Crippen molar-refractivity contribution >= 4 is 17.6 Å². The highest BCUT2D eigenvalue weighted by molar-refractivity contribution is 5.55. The lowest BCUT2D eigenvalue weighted by molar-refractivity contribution is 0.481. The van der Waals surface area contributed by atoms with Crippen LogP contribution in [0.1, 0.15) is 17.0 Å². The molecule has 3 aromatic rings. The SMILES string of the molecule is N#Cc1ccc(Nc2nc(N)nc(Cc3c(F)ccc(F)c3F)n2)cc1. The van der Waals surface area contributed by atoms with Crippen LogP contribution in [0.25, 0.3) is 0 Å². The van der Waals surface area contributed by atoms with Gasteiger partial charge in [0.25, 0.3) is 0 Å². The van der Waals surface area contributed by atoms with Crippen LogP contribution in [0.15, 0.2) is 36.4 Å². The second kappa shape index (κ2) is 7.06. The Hall–Kier alpha value is -3.67. The number of nitrogen functional groups attached to an aromatic ring is 1. The van der Waals surface area contributed by atoms with E-state index in [1.807, 2.05) is 6.07 Å². The largest absolute Gasteiger partial charge is 0.368 e. The Labute approximate surface area is 146 Å². The third kappa shape index (κ3) is 3.70. The van der Waals surface area contributed by atoms with E-state index in [0.717, 1.165) is 6.07 Å². The summed E-state index contributed by atoms with van der Waals surface area (Å²) >= 11 is 0. The molecular formula is C17H11F3N6. The summed E-state index contributed by atoms with van der Waals surface area (Å²) in [4.78, 5) is 11.8. The van der Waals surface area contributed by atoms with Crippen molar-refractivity contribution in [2.75, 3.05) is 11.1 Å². The average molecular weight is 356 g/mol. The third-order valence-corrected chi connectivity index (χ3v) is 3.44. The van der Waals surface area contributed by atoms with Crippen molar-refractivity contribution in [3.8, 4) is 6.07 Å². The maximum absolute atomic E-state index is 13.8. The number of hydrogen-bond donors (Lipinski definition) is 2. The van der Waals surface area contributed by atoms with Gasteiger partial charge in [0.15, 0.2) is 11.6 Å². The van der Waals surface area contributed by atoms with Gasteiger partial charge in [-0.15, -0.1) is 0 Å². The van der Waals surface area contributed by atoms with Gasteiger partial charge in [-0.3, -0.25) is 0 Å². The van der Waals surface area contributed by atoms with Crippen molar-refractivity contribution in [3.05, 3.63) is 70.8 Å². The van der Waals surface area contributed by atoms with Crippen LogP contribution in [0, 0.1) is 28.8 Å². The molecule has 0 atom stereocenters. The predicted octanol–water partition coefficient (Wildman–Crippen LogP) is 3.08. The minimum absolute atomic E-state index is 0.0305. The van der Waals surface area contributed by atoms with Crippen molar-refractivity contribution in [1.29, 1.82) is 5.26 Å². The zero-order chi connectivity index (χ0) is 18.7. The normalized spacial score (nSPS) is 10.4. The number of halogens is 3. The number of hydrogen-bond acceptors (Lipinski definition) is 6. The van der Waals surface area contributed by atoms with Crippen molar-refractivity contribution in [2.45, 2.75) is 6.42 Å². The van der Waals surface area contributed by atoms with Gasteiger partial charge < -0.3 is 11.1 Å². The van der Waals surface area contributed by atoms with Gasteiger partial charge in [0.2, 0.25) is 11.9 Å². The molecule has 0 fully saturated rings. The molecule has 0 aliphatic carbocycles. The van der Waals surface area contributed by atoms with E-state index < -0.39 is 29.4 Å². The highest BCUT2D eigenvalue weighted by Gasteiger charge is 2.16. The molecule has 0 amide bonds. The number of aromatic nitrogens is 3. The first-order chi connectivity index (χ1) is 12.5. The molecule has 130 valence electrons. The number of benzene rings is 2. The number of nitrogens with one attached hydrogen (secondary N) is 1. The minimum Gasteiger partial charge on any atom is -0.368 e. The second-order valence-corrected chi connectivity index (χ2v) is 5.25. The molecule has 2 aromatic carbocycles. The molecular weight excluding hydrogens is 345 g/mol. The van der Waals surface area contributed by atoms with E-state index in [9.17, 15) is 13.2 Å². The first-order valence-corrected chi connectivity index (χ1v) is 7.36.